The molecule has 0 amide bonds. The molecule has 3 rings (SSSR count). The number of benzene rings is 1. The quantitative estimate of drug-likeness (QED) is 0.322. The molecule has 0 saturated heterocycles. The number of pyridine rings is 1. The van der Waals surface area contributed by atoms with E-state index in [1.54, 1.807) is 30.6 Å². The Morgan fingerprint density at radius 1 is 1.31 bits per heavy atom. The van der Waals surface area contributed by atoms with Crippen LogP contribution in [0.3, 0.4) is 0 Å². The van der Waals surface area contributed by atoms with E-state index in [1.165, 1.54) is 18.7 Å². The minimum Gasteiger partial charge on any atom is -0.493 e. The summed E-state index contributed by atoms with van der Waals surface area (Å²) in [5, 5.41) is 11.2. The van der Waals surface area contributed by atoms with Gasteiger partial charge in [0.25, 0.3) is 0 Å². The van der Waals surface area contributed by atoms with Crippen LogP contribution in [0.1, 0.15) is 12.5 Å². The Balaban J connectivity index is 1.93. The smallest absolute Gasteiger partial charge is 0.308 e. The third kappa shape index (κ3) is 3.83. The SMILES string of the molecule is COc1cc(/C=N\n2c(-c3ccccn3)n[nH]c2=S)ccc1OC(C)=O. The standard InChI is InChI=1S/C17H15N5O3S/c1-11(23)25-14-7-6-12(9-15(14)24-2)10-19-22-16(20-21-17(22)26)13-5-3-4-8-18-13/h3-10H,1-2H3,(H,21,26)/b19-10-. The summed E-state index contributed by atoms with van der Waals surface area (Å²) < 4.78 is 12.1. The van der Waals surface area contributed by atoms with Crippen molar-refractivity contribution in [3.63, 3.8) is 0 Å². The van der Waals surface area contributed by atoms with E-state index >= 15 is 0 Å². The molecule has 1 N–H and O–H groups in total. The first-order chi connectivity index (χ1) is 12.6. The van der Waals surface area contributed by atoms with Crippen LogP contribution in [-0.2, 0) is 4.79 Å². The number of esters is 1. The van der Waals surface area contributed by atoms with E-state index < -0.39 is 5.97 Å². The summed E-state index contributed by atoms with van der Waals surface area (Å²) in [6.45, 7) is 1.33. The van der Waals surface area contributed by atoms with Crippen molar-refractivity contribution in [3.05, 3.63) is 52.9 Å². The van der Waals surface area contributed by atoms with Crippen molar-refractivity contribution in [2.75, 3.05) is 7.11 Å². The molecule has 0 aliphatic rings. The molecular formula is C17H15N5O3S. The van der Waals surface area contributed by atoms with Gasteiger partial charge >= 0.3 is 5.97 Å². The number of methoxy groups -OCH3 is 1. The average Bonchev–Trinajstić information content (AvgIpc) is 3.01. The molecule has 0 atom stereocenters. The second-order valence-electron chi connectivity index (χ2n) is 5.13. The molecule has 0 radical (unpaired) electrons. The summed E-state index contributed by atoms with van der Waals surface area (Å²) in [7, 11) is 1.49. The molecule has 0 fully saturated rings. The first-order valence-corrected chi connectivity index (χ1v) is 7.99. The first-order valence-electron chi connectivity index (χ1n) is 7.58. The third-order valence-electron chi connectivity index (χ3n) is 3.31. The maximum atomic E-state index is 11.1. The van der Waals surface area contributed by atoms with Gasteiger partial charge in [0, 0.05) is 13.1 Å². The number of ether oxygens (including phenoxy) is 2. The molecule has 2 heterocycles. The highest BCUT2D eigenvalue weighted by Crippen LogP contribution is 2.27. The van der Waals surface area contributed by atoms with E-state index in [4.69, 9.17) is 21.7 Å². The van der Waals surface area contributed by atoms with Gasteiger partial charge in [0.05, 0.1) is 13.3 Å². The zero-order chi connectivity index (χ0) is 18.5. The lowest BCUT2D eigenvalue weighted by molar-refractivity contribution is -0.132. The number of nitrogens with zero attached hydrogens (tertiary/aromatic N) is 4. The van der Waals surface area contributed by atoms with Crippen LogP contribution in [0.5, 0.6) is 11.5 Å². The number of aromatic nitrogens is 4. The van der Waals surface area contributed by atoms with Crippen LogP contribution < -0.4 is 9.47 Å². The lowest BCUT2D eigenvalue weighted by atomic mass is 10.2. The van der Waals surface area contributed by atoms with E-state index in [2.05, 4.69) is 20.3 Å². The van der Waals surface area contributed by atoms with Gasteiger partial charge in [0.15, 0.2) is 11.5 Å². The minimum atomic E-state index is -0.422. The van der Waals surface area contributed by atoms with Gasteiger partial charge in [-0.05, 0) is 48.1 Å². The molecule has 3 aromatic rings. The van der Waals surface area contributed by atoms with E-state index in [1.807, 2.05) is 18.2 Å². The topological polar surface area (TPSA) is 94.4 Å². The molecule has 0 saturated carbocycles. The van der Waals surface area contributed by atoms with Crippen LogP contribution in [0.25, 0.3) is 11.5 Å². The molecule has 0 spiro atoms. The summed E-state index contributed by atoms with van der Waals surface area (Å²) in [5.74, 6) is 0.834. The van der Waals surface area contributed by atoms with Crippen molar-refractivity contribution in [1.82, 2.24) is 19.9 Å². The van der Waals surface area contributed by atoms with E-state index in [0.29, 0.717) is 27.8 Å². The van der Waals surface area contributed by atoms with Gasteiger partial charge in [-0.25, -0.2) is 5.10 Å². The minimum absolute atomic E-state index is 0.338. The van der Waals surface area contributed by atoms with E-state index in [-0.39, 0.29) is 0 Å². The Bertz CT molecular complexity index is 1010. The van der Waals surface area contributed by atoms with Gasteiger partial charge in [0.1, 0.15) is 5.69 Å². The number of carbonyl (C=O) groups is 1. The molecule has 8 nitrogen and oxygen atoms in total. The van der Waals surface area contributed by atoms with Gasteiger partial charge in [-0.15, -0.1) is 0 Å². The van der Waals surface area contributed by atoms with Crippen LogP contribution in [0, 0.1) is 4.77 Å². The van der Waals surface area contributed by atoms with Crippen LogP contribution in [0.15, 0.2) is 47.7 Å². The van der Waals surface area contributed by atoms with Crippen molar-refractivity contribution in [1.29, 1.82) is 0 Å². The van der Waals surface area contributed by atoms with Crippen molar-refractivity contribution >= 4 is 24.4 Å². The fourth-order valence-electron chi connectivity index (χ4n) is 2.19. The Kier molecular flexibility index (Phi) is 5.18. The van der Waals surface area contributed by atoms with Gasteiger partial charge in [0.2, 0.25) is 10.6 Å². The van der Waals surface area contributed by atoms with Gasteiger partial charge in [-0.2, -0.15) is 14.9 Å². The van der Waals surface area contributed by atoms with Crippen LogP contribution in [-0.4, -0.2) is 39.2 Å². The highest BCUT2D eigenvalue weighted by molar-refractivity contribution is 7.71. The molecular weight excluding hydrogens is 354 g/mol. The lowest BCUT2D eigenvalue weighted by Crippen LogP contribution is -2.03. The third-order valence-corrected chi connectivity index (χ3v) is 3.57. The van der Waals surface area contributed by atoms with Gasteiger partial charge in [-0.1, -0.05) is 6.07 Å². The van der Waals surface area contributed by atoms with E-state index in [0.717, 1.165) is 5.56 Å². The fraction of sp³-hybridized carbons (Fsp3) is 0.118. The molecule has 0 unspecified atom stereocenters. The largest absolute Gasteiger partial charge is 0.493 e. The zero-order valence-electron chi connectivity index (χ0n) is 14.0. The Labute approximate surface area is 154 Å². The van der Waals surface area contributed by atoms with E-state index in [9.17, 15) is 4.79 Å². The highest BCUT2D eigenvalue weighted by atomic mass is 32.1. The van der Waals surface area contributed by atoms with Crippen LogP contribution in [0.4, 0.5) is 0 Å². The molecule has 0 aliphatic carbocycles. The van der Waals surface area contributed by atoms with Crippen molar-refractivity contribution in [3.8, 4) is 23.0 Å². The number of carbonyl (C=O) groups excluding carboxylic acids is 1. The van der Waals surface area contributed by atoms with Crippen molar-refractivity contribution in [2.24, 2.45) is 5.10 Å². The number of hydrogen-bond acceptors (Lipinski definition) is 7. The van der Waals surface area contributed by atoms with Crippen LogP contribution >= 0.6 is 12.2 Å². The second kappa shape index (κ2) is 7.70. The maximum Gasteiger partial charge on any atom is 0.308 e. The zero-order valence-corrected chi connectivity index (χ0v) is 14.9. The summed E-state index contributed by atoms with van der Waals surface area (Å²) in [6, 6.07) is 10.6. The number of H-pyrrole nitrogens is 1. The molecule has 132 valence electrons. The maximum absolute atomic E-state index is 11.1. The Hall–Kier alpha value is -3.33. The Morgan fingerprint density at radius 3 is 2.85 bits per heavy atom. The highest BCUT2D eigenvalue weighted by Gasteiger charge is 2.10. The lowest BCUT2D eigenvalue weighted by Gasteiger charge is -2.08. The van der Waals surface area contributed by atoms with Gasteiger partial charge < -0.3 is 9.47 Å². The predicted molar refractivity (Wildman–Crippen MR) is 97.9 cm³/mol. The predicted octanol–water partition coefficient (Wildman–Crippen LogP) is 2.82. The molecule has 1 aromatic carbocycles. The Morgan fingerprint density at radius 2 is 2.15 bits per heavy atom. The van der Waals surface area contributed by atoms with Crippen molar-refractivity contribution in [2.45, 2.75) is 6.92 Å². The fourth-order valence-corrected chi connectivity index (χ4v) is 2.37. The van der Waals surface area contributed by atoms with Crippen LogP contribution in [0.2, 0.25) is 0 Å². The summed E-state index contributed by atoms with van der Waals surface area (Å²) >= 11 is 5.23. The first kappa shape index (κ1) is 17.5. The van der Waals surface area contributed by atoms with Crippen molar-refractivity contribution < 1.29 is 14.3 Å². The molecule has 0 aliphatic heterocycles. The molecule has 26 heavy (non-hydrogen) atoms. The summed E-state index contributed by atoms with van der Waals surface area (Å²) in [5.41, 5.74) is 1.37. The average molecular weight is 369 g/mol. The summed E-state index contributed by atoms with van der Waals surface area (Å²) in [4.78, 5) is 15.4. The second-order valence-corrected chi connectivity index (χ2v) is 5.51. The number of nitrogens with one attached hydrogen (secondary N) is 1. The molecule has 9 heteroatoms. The number of aromatic amines is 1. The number of hydrogen-bond donors (Lipinski definition) is 1. The number of rotatable bonds is 5. The normalized spacial score (nSPS) is 10.8. The molecule has 0 bridgehead atoms. The molecule has 2 aromatic heterocycles. The summed E-state index contributed by atoms with van der Waals surface area (Å²) in [6.07, 6.45) is 3.26. The van der Waals surface area contributed by atoms with Gasteiger partial charge in [-0.3, -0.25) is 9.78 Å². The monoisotopic (exact) mass is 369 g/mol.